The Morgan fingerprint density at radius 2 is 1.29 bits per heavy atom. The summed E-state index contributed by atoms with van der Waals surface area (Å²) in [4.78, 5) is 15.6. The topological polar surface area (TPSA) is 32.3 Å². The first-order chi connectivity index (χ1) is 13.8. The highest BCUT2D eigenvalue weighted by Gasteiger charge is 2.30. The van der Waals surface area contributed by atoms with Crippen molar-refractivity contribution in [2.75, 3.05) is 11.4 Å². The molecule has 0 saturated carbocycles. The summed E-state index contributed by atoms with van der Waals surface area (Å²) in [5.74, 6) is 0.116. The molecule has 4 aromatic rings. The van der Waals surface area contributed by atoms with Crippen molar-refractivity contribution >= 4 is 38.8 Å². The molecule has 1 amide bonds. The average Bonchev–Trinajstić information content (AvgIpc) is 3.29. The molecule has 1 unspecified atom stereocenters. The largest absolute Gasteiger partial charge is 0.306 e. The van der Waals surface area contributed by atoms with Crippen molar-refractivity contribution in [2.24, 2.45) is 0 Å². The van der Waals surface area contributed by atoms with Gasteiger partial charge >= 0.3 is 0 Å². The first-order valence-corrected chi connectivity index (χ1v) is 9.86. The minimum absolute atomic E-state index is 0.116. The zero-order valence-corrected chi connectivity index (χ0v) is 15.6. The lowest BCUT2D eigenvalue weighted by Gasteiger charge is -2.28. The minimum atomic E-state index is -0.141. The maximum atomic E-state index is 13.7. The zero-order chi connectivity index (χ0) is 18.9. The van der Waals surface area contributed by atoms with E-state index in [-0.39, 0.29) is 11.9 Å². The predicted molar refractivity (Wildman–Crippen MR) is 116 cm³/mol. The van der Waals surface area contributed by atoms with Crippen LogP contribution in [-0.4, -0.2) is 18.5 Å². The van der Waals surface area contributed by atoms with E-state index in [1.807, 2.05) is 41.3 Å². The van der Waals surface area contributed by atoms with Crippen molar-refractivity contribution in [1.82, 2.24) is 5.32 Å². The van der Waals surface area contributed by atoms with Crippen LogP contribution < -0.4 is 10.2 Å². The van der Waals surface area contributed by atoms with Crippen molar-refractivity contribution in [2.45, 2.75) is 18.9 Å². The Kier molecular flexibility index (Phi) is 4.30. The van der Waals surface area contributed by atoms with Crippen molar-refractivity contribution in [3.05, 3.63) is 84.9 Å². The van der Waals surface area contributed by atoms with Crippen LogP contribution >= 0.6 is 0 Å². The van der Waals surface area contributed by atoms with Crippen LogP contribution in [0.15, 0.2) is 84.9 Å². The second-order valence-corrected chi connectivity index (χ2v) is 7.32. The molecule has 28 heavy (non-hydrogen) atoms. The molecule has 1 saturated heterocycles. The first kappa shape index (κ1) is 17.0. The third-order valence-corrected chi connectivity index (χ3v) is 5.59. The number of benzene rings is 4. The minimum Gasteiger partial charge on any atom is -0.306 e. The van der Waals surface area contributed by atoms with Gasteiger partial charge in [0.1, 0.15) is 0 Å². The zero-order valence-electron chi connectivity index (χ0n) is 15.6. The molecule has 3 heteroatoms. The highest BCUT2D eigenvalue weighted by molar-refractivity contribution is 6.14. The molecular weight excluding hydrogens is 344 g/mol. The summed E-state index contributed by atoms with van der Waals surface area (Å²) in [7, 11) is 0. The molecule has 0 radical (unpaired) electrons. The van der Waals surface area contributed by atoms with Gasteiger partial charge in [-0.3, -0.25) is 9.69 Å². The van der Waals surface area contributed by atoms with E-state index >= 15 is 0 Å². The van der Waals surface area contributed by atoms with Crippen LogP contribution in [-0.2, 0) is 4.79 Å². The van der Waals surface area contributed by atoms with E-state index in [0.717, 1.165) is 52.3 Å². The maximum absolute atomic E-state index is 13.7. The lowest BCUT2D eigenvalue weighted by Crippen LogP contribution is -2.41. The van der Waals surface area contributed by atoms with Crippen LogP contribution in [0.1, 0.15) is 12.8 Å². The van der Waals surface area contributed by atoms with E-state index < -0.39 is 0 Å². The molecule has 1 fully saturated rings. The molecule has 5 rings (SSSR count). The number of carbonyl (C=O) groups is 1. The van der Waals surface area contributed by atoms with Crippen LogP contribution in [0, 0.1) is 0 Å². The van der Waals surface area contributed by atoms with Gasteiger partial charge < -0.3 is 5.32 Å². The van der Waals surface area contributed by atoms with Crippen LogP contribution in [0.25, 0.3) is 21.5 Å². The average molecular weight is 366 g/mol. The lowest BCUT2D eigenvalue weighted by molar-refractivity contribution is -0.119. The van der Waals surface area contributed by atoms with Gasteiger partial charge in [0, 0.05) is 10.8 Å². The second-order valence-electron chi connectivity index (χ2n) is 7.32. The number of amides is 1. The van der Waals surface area contributed by atoms with Crippen molar-refractivity contribution in [3.63, 3.8) is 0 Å². The Morgan fingerprint density at radius 1 is 0.750 bits per heavy atom. The fraction of sp³-hybridized carbons (Fsp3) is 0.160. The molecule has 1 aliphatic heterocycles. The number of hydrogen-bond donors (Lipinski definition) is 1. The van der Waals surface area contributed by atoms with Gasteiger partial charge in [-0.25, -0.2) is 0 Å². The van der Waals surface area contributed by atoms with E-state index in [1.54, 1.807) is 0 Å². The number of rotatable bonds is 3. The molecule has 0 aromatic heterocycles. The molecule has 0 bridgehead atoms. The van der Waals surface area contributed by atoms with Gasteiger partial charge in [0.2, 0.25) is 5.91 Å². The highest BCUT2D eigenvalue weighted by atomic mass is 16.2. The van der Waals surface area contributed by atoms with Gasteiger partial charge in [-0.1, -0.05) is 72.8 Å². The van der Waals surface area contributed by atoms with Crippen molar-refractivity contribution in [1.29, 1.82) is 0 Å². The second kappa shape index (κ2) is 7.10. The quantitative estimate of drug-likeness (QED) is 0.526. The van der Waals surface area contributed by atoms with Crippen LogP contribution in [0.4, 0.5) is 11.4 Å². The summed E-state index contributed by atoms with van der Waals surface area (Å²) in [6.07, 6.45) is 1.92. The molecule has 1 aliphatic rings. The van der Waals surface area contributed by atoms with Gasteiger partial charge in [-0.15, -0.1) is 0 Å². The van der Waals surface area contributed by atoms with Gasteiger partial charge in [0.15, 0.2) is 0 Å². The highest BCUT2D eigenvalue weighted by Crippen LogP contribution is 2.37. The standard InChI is InChI=1S/C25H22N2O/c28-25(22-14-7-17-26-22)27(23-15-5-10-18-8-1-3-12-20(18)23)24-16-6-11-19-9-2-4-13-21(19)24/h1-6,8-13,15-16,22,26H,7,14,17H2. The van der Waals surface area contributed by atoms with E-state index in [4.69, 9.17) is 0 Å². The summed E-state index contributed by atoms with van der Waals surface area (Å²) >= 11 is 0. The van der Waals surface area contributed by atoms with E-state index in [0.29, 0.717) is 0 Å². The molecule has 0 aliphatic carbocycles. The van der Waals surface area contributed by atoms with Gasteiger partial charge in [-0.2, -0.15) is 0 Å². The number of anilines is 2. The van der Waals surface area contributed by atoms with E-state index in [2.05, 4.69) is 53.8 Å². The number of carbonyl (C=O) groups excluding carboxylic acids is 1. The summed E-state index contributed by atoms with van der Waals surface area (Å²) in [5.41, 5.74) is 1.88. The van der Waals surface area contributed by atoms with Crippen LogP contribution in [0.5, 0.6) is 0 Å². The van der Waals surface area contributed by atoms with Crippen molar-refractivity contribution in [3.8, 4) is 0 Å². The first-order valence-electron chi connectivity index (χ1n) is 9.86. The molecule has 4 aromatic carbocycles. The van der Waals surface area contributed by atoms with Crippen molar-refractivity contribution < 1.29 is 4.79 Å². The summed E-state index contributed by atoms with van der Waals surface area (Å²) in [6.45, 7) is 0.898. The Morgan fingerprint density at radius 3 is 1.82 bits per heavy atom. The Bertz CT molecular complexity index is 1070. The van der Waals surface area contributed by atoms with Gasteiger partial charge in [-0.05, 0) is 42.3 Å². The number of nitrogens with one attached hydrogen (secondary N) is 1. The number of fused-ring (bicyclic) bond motifs is 2. The van der Waals surface area contributed by atoms with E-state index in [1.165, 1.54) is 0 Å². The smallest absolute Gasteiger partial charge is 0.248 e. The molecule has 1 N–H and O–H groups in total. The normalized spacial score (nSPS) is 16.5. The molecular formula is C25H22N2O. The summed E-state index contributed by atoms with van der Waals surface area (Å²) in [5, 5.41) is 7.83. The van der Waals surface area contributed by atoms with E-state index in [9.17, 15) is 4.79 Å². The van der Waals surface area contributed by atoms with Crippen LogP contribution in [0.2, 0.25) is 0 Å². The molecule has 138 valence electrons. The van der Waals surface area contributed by atoms with Gasteiger partial charge in [0.25, 0.3) is 0 Å². The lowest BCUT2D eigenvalue weighted by atomic mass is 10.0. The third kappa shape index (κ3) is 2.85. The maximum Gasteiger partial charge on any atom is 0.248 e. The third-order valence-electron chi connectivity index (χ3n) is 5.59. The Labute approximate surface area is 164 Å². The number of nitrogens with zero attached hydrogens (tertiary/aromatic N) is 1. The monoisotopic (exact) mass is 366 g/mol. The SMILES string of the molecule is O=C(C1CCCN1)N(c1cccc2ccccc12)c1cccc2ccccc12. The fourth-order valence-corrected chi connectivity index (χ4v) is 4.22. The summed E-state index contributed by atoms with van der Waals surface area (Å²) in [6, 6.07) is 28.7. The fourth-order valence-electron chi connectivity index (χ4n) is 4.22. The summed E-state index contributed by atoms with van der Waals surface area (Å²) < 4.78 is 0. The molecule has 3 nitrogen and oxygen atoms in total. The van der Waals surface area contributed by atoms with Gasteiger partial charge in [0.05, 0.1) is 17.4 Å². The number of hydrogen-bond acceptors (Lipinski definition) is 2. The molecule has 1 heterocycles. The van der Waals surface area contributed by atoms with Crippen LogP contribution in [0.3, 0.4) is 0 Å². The molecule has 1 atom stereocenters. The Balaban J connectivity index is 1.76. The predicted octanol–water partition coefficient (Wildman–Crippen LogP) is 5.41. The molecule has 0 spiro atoms. The Hall–Kier alpha value is -3.17.